The molecule has 21 heavy (non-hydrogen) atoms. The van der Waals surface area contributed by atoms with E-state index < -0.39 is 0 Å². The third kappa shape index (κ3) is 3.08. The van der Waals surface area contributed by atoms with Crippen molar-refractivity contribution in [3.05, 3.63) is 59.4 Å². The van der Waals surface area contributed by atoms with E-state index in [2.05, 4.69) is 35.4 Å². The molecule has 1 heterocycles. The van der Waals surface area contributed by atoms with Crippen LogP contribution in [-0.4, -0.2) is 11.6 Å². The number of nitrogens with zero attached hydrogens (tertiary/aromatic N) is 1. The Bertz CT molecular complexity index is 594. The number of aromatic nitrogens is 1. The minimum Gasteiger partial charge on any atom is -0.494 e. The number of nitrogens with one attached hydrogen (secondary N) is 1. The molecule has 3 nitrogen and oxygen atoms in total. The quantitative estimate of drug-likeness (QED) is 0.905. The monoisotopic (exact) mass is 282 g/mol. The van der Waals surface area contributed by atoms with E-state index >= 15 is 0 Å². The van der Waals surface area contributed by atoms with Gasteiger partial charge in [0.05, 0.1) is 18.3 Å². The molecule has 3 heteroatoms. The predicted octanol–water partition coefficient (Wildman–Crippen LogP) is 3.82. The number of rotatable bonds is 5. The lowest BCUT2D eigenvalue weighted by atomic mass is 10.1. The van der Waals surface area contributed by atoms with Gasteiger partial charge in [0.2, 0.25) is 0 Å². The van der Waals surface area contributed by atoms with Gasteiger partial charge in [-0.15, -0.1) is 0 Å². The molecule has 1 aromatic heterocycles. The van der Waals surface area contributed by atoms with Crippen molar-refractivity contribution in [3.8, 4) is 5.75 Å². The van der Waals surface area contributed by atoms with Crippen molar-refractivity contribution in [2.24, 2.45) is 0 Å². The van der Waals surface area contributed by atoms with E-state index in [-0.39, 0.29) is 0 Å². The molecule has 0 spiro atoms. The number of hydrogen-bond acceptors (Lipinski definition) is 3. The van der Waals surface area contributed by atoms with Crippen LogP contribution in [0.25, 0.3) is 0 Å². The molecule has 0 saturated carbocycles. The summed E-state index contributed by atoms with van der Waals surface area (Å²) >= 11 is 0. The second-order valence-electron chi connectivity index (χ2n) is 5.53. The minimum atomic E-state index is 0.304. The Morgan fingerprint density at radius 3 is 2.86 bits per heavy atom. The Hall–Kier alpha value is -1.87. The van der Waals surface area contributed by atoms with Crippen molar-refractivity contribution in [3.63, 3.8) is 0 Å². The van der Waals surface area contributed by atoms with Crippen LogP contribution in [0.1, 0.15) is 49.2 Å². The average molecular weight is 282 g/mol. The minimum absolute atomic E-state index is 0.304. The van der Waals surface area contributed by atoms with Crippen molar-refractivity contribution in [1.29, 1.82) is 0 Å². The lowest BCUT2D eigenvalue weighted by Gasteiger charge is -2.20. The van der Waals surface area contributed by atoms with Crippen molar-refractivity contribution >= 4 is 0 Å². The molecule has 0 aliphatic heterocycles. The highest BCUT2D eigenvalue weighted by Gasteiger charge is 2.24. The molecule has 110 valence electrons. The molecule has 0 amide bonds. The number of hydrogen-bond donors (Lipinski definition) is 1. The van der Waals surface area contributed by atoms with Crippen molar-refractivity contribution in [1.82, 2.24) is 10.3 Å². The van der Waals surface area contributed by atoms with Gasteiger partial charge in [-0.3, -0.25) is 4.98 Å². The van der Waals surface area contributed by atoms with E-state index in [1.54, 1.807) is 0 Å². The first-order chi connectivity index (χ1) is 10.3. The van der Waals surface area contributed by atoms with Crippen LogP contribution in [0.4, 0.5) is 0 Å². The molecule has 1 aliphatic carbocycles. The highest BCUT2D eigenvalue weighted by atomic mass is 16.5. The zero-order chi connectivity index (χ0) is 14.7. The Morgan fingerprint density at radius 2 is 2.10 bits per heavy atom. The van der Waals surface area contributed by atoms with Crippen LogP contribution >= 0.6 is 0 Å². The van der Waals surface area contributed by atoms with Crippen LogP contribution in [0.3, 0.4) is 0 Å². The van der Waals surface area contributed by atoms with E-state index in [9.17, 15) is 0 Å². The van der Waals surface area contributed by atoms with Gasteiger partial charge in [-0.1, -0.05) is 18.2 Å². The smallest absolute Gasteiger partial charge is 0.119 e. The first-order valence-electron chi connectivity index (χ1n) is 7.70. The normalized spacial score (nSPS) is 18.3. The van der Waals surface area contributed by atoms with Crippen LogP contribution in [0, 0.1) is 0 Å². The number of benzene rings is 1. The standard InChI is InChI=1S/C18H22N2O/c1-3-21-16-9-6-14(7-10-16)13(2)20-17-11-8-15-5-4-12-19-18(15)17/h4-7,9-10,12-13,17,20H,3,8,11H2,1-2H3. The van der Waals surface area contributed by atoms with Gasteiger partial charge in [0.1, 0.15) is 5.75 Å². The molecule has 1 aromatic carbocycles. The Kier molecular flexibility index (Phi) is 4.20. The Balaban J connectivity index is 1.68. The number of fused-ring (bicyclic) bond motifs is 1. The summed E-state index contributed by atoms with van der Waals surface area (Å²) in [7, 11) is 0. The van der Waals surface area contributed by atoms with Crippen LogP contribution in [0.2, 0.25) is 0 Å². The third-order valence-corrected chi connectivity index (χ3v) is 4.10. The molecule has 2 unspecified atom stereocenters. The molecule has 1 N–H and O–H groups in total. The van der Waals surface area contributed by atoms with Gasteiger partial charge in [-0.05, 0) is 56.0 Å². The second-order valence-corrected chi connectivity index (χ2v) is 5.53. The third-order valence-electron chi connectivity index (χ3n) is 4.10. The fourth-order valence-electron chi connectivity index (χ4n) is 2.99. The Labute approximate surface area is 126 Å². The molecule has 0 bridgehead atoms. The topological polar surface area (TPSA) is 34.1 Å². The number of ether oxygens (including phenoxy) is 1. The number of aryl methyl sites for hydroxylation is 1. The fraction of sp³-hybridized carbons (Fsp3) is 0.389. The molecule has 1 aliphatic rings. The van der Waals surface area contributed by atoms with Crippen molar-refractivity contribution in [2.75, 3.05) is 6.61 Å². The van der Waals surface area contributed by atoms with Gasteiger partial charge in [-0.2, -0.15) is 0 Å². The first-order valence-corrected chi connectivity index (χ1v) is 7.70. The lowest BCUT2D eigenvalue weighted by molar-refractivity contribution is 0.340. The molecular formula is C18H22N2O. The van der Waals surface area contributed by atoms with Crippen LogP contribution in [-0.2, 0) is 6.42 Å². The lowest BCUT2D eigenvalue weighted by Crippen LogP contribution is -2.23. The molecule has 0 radical (unpaired) electrons. The van der Waals surface area contributed by atoms with E-state index in [1.807, 2.05) is 31.3 Å². The van der Waals surface area contributed by atoms with Crippen LogP contribution in [0.15, 0.2) is 42.6 Å². The fourth-order valence-corrected chi connectivity index (χ4v) is 2.99. The summed E-state index contributed by atoms with van der Waals surface area (Å²) in [5.41, 5.74) is 3.88. The first kappa shape index (κ1) is 14.1. The van der Waals surface area contributed by atoms with Crippen LogP contribution in [0.5, 0.6) is 5.75 Å². The van der Waals surface area contributed by atoms with Gasteiger partial charge in [0.25, 0.3) is 0 Å². The highest BCUT2D eigenvalue weighted by Crippen LogP contribution is 2.31. The van der Waals surface area contributed by atoms with Gasteiger partial charge in [0.15, 0.2) is 0 Å². The summed E-state index contributed by atoms with van der Waals surface area (Å²) < 4.78 is 5.49. The van der Waals surface area contributed by atoms with Crippen molar-refractivity contribution in [2.45, 2.75) is 38.8 Å². The van der Waals surface area contributed by atoms with Gasteiger partial charge < -0.3 is 10.1 Å². The molecular weight excluding hydrogens is 260 g/mol. The van der Waals surface area contributed by atoms with Gasteiger partial charge >= 0.3 is 0 Å². The predicted molar refractivity (Wildman–Crippen MR) is 84.5 cm³/mol. The zero-order valence-corrected chi connectivity index (χ0v) is 12.7. The second kappa shape index (κ2) is 6.27. The molecule has 3 rings (SSSR count). The van der Waals surface area contributed by atoms with E-state index in [0.717, 1.165) is 18.6 Å². The Morgan fingerprint density at radius 1 is 1.29 bits per heavy atom. The van der Waals surface area contributed by atoms with Crippen LogP contribution < -0.4 is 10.1 Å². The number of pyridine rings is 1. The van der Waals surface area contributed by atoms with Gasteiger partial charge in [0, 0.05) is 12.2 Å². The van der Waals surface area contributed by atoms with E-state index in [4.69, 9.17) is 4.74 Å². The molecule has 2 atom stereocenters. The van der Waals surface area contributed by atoms with E-state index in [0.29, 0.717) is 18.7 Å². The maximum Gasteiger partial charge on any atom is 0.119 e. The molecule has 0 saturated heterocycles. The molecule has 2 aromatic rings. The highest BCUT2D eigenvalue weighted by molar-refractivity contribution is 5.31. The average Bonchev–Trinajstić information content (AvgIpc) is 2.92. The van der Waals surface area contributed by atoms with Gasteiger partial charge in [-0.25, -0.2) is 0 Å². The summed E-state index contributed by atoms with van der Waals surface area (Å²) in [5, 5.41) is 3.70. The van der Waals surface area contributed by atoms with E-state index in [1.165, 1.54) is 16.8 Å². The molecule has 0 fully saturated rings. The summed E-state index contributed by atoms with van der Waals surface area (Å²) in [4.78, 5) is 4.54. The summed E-state index contributed by atoms with van der Waals surface area (Å²) in [6.07, 6.45) is 4.14. The SMILES string of the molecule is CCOc1ccc(C(C)NC2CCc3cccnc32)cc1. The van der Waals surface area contributed by atoms with Crippen molar-refractivity contribution < 1.29 is 4.74 Å². The summed E-state index contributed by atoms with van der Waals surface area (Å²) in [6, 6.07) is 13.2. The summed E-state index contributed by atoms with van der Waals surface area (Å²) in [6.45, 7) is 4.91. The summed E-state index contributed by atoms with van der Waals surface area (Å²) in [5.74, 6) is 0.932. The largest absolute Gasteiger partial charge is 0.494 e. The zero-order valence-electron chi connectivity index (χ0n) is 12.7. The maximum atomic E-state index is 5.49. The maximum absolute atomic E-state index is 5.49.